The highest BCUT2D eigenvalue weighted by molar-refractivity contribution is 5.82. The molecule has 0 amide bonds. The zero-order valence-corrected chi connectivity index (χ0v) is 16.6. The molecule has 1 saturated carbocycles. The molecule has 0 spiro atoms. The van der Waals surface area contributed by atoms with Crippen LogP contribution in [0.4, 0.5) is 17.1 Å². The van der Waals surface area contributed by atoms with Crippen molar-refractivity contribution in [3.63, 3.8) is 0 Å². The fourth-order valence-corrected chi connectivity index (χ4v) is 5.01. The SMILES string of the molecule is CN1CN(c2ccccc2)c2ccc(C3CCC(c4ccccc4)CC3)cc21. The van der Waals surface area contributed by atoms with Crippen molar-refractivity contribution in [2.24, 2.45) is 0 Å². The van der Waals surface area contributed by atoms with Crippen LogP contribution in [0.1, 0.15) is 48.6 Å². The largest absolute Gasteiger partial charge is 0.355 e. The first-order valence-corrected chi connectivity index (χ1v) is 10.5. The third-order valence-corrected chi connectivity index (χ3v) is 6.59. The second kappa shape index (κ2) is 7.35. The molecule has 1 heterocycles. The number of benzene rings is 3. The number of anilines is 3. The smallest absolute Gasteiger partial charge is 0.0950 e. The van der Waals surface area contributed by atoms with E-state index in [1.54, 1.807) is 0 Å². The summed E-state index contributed by atoms with van der Waals surface area (Å²) in [5.74, 6) is 1.44. The van der Waals surface area contributed by atoms with Gasteiger partial charge in [0, 0.05) is 12.7 Å². The Morgan fingerprint density at radius 2 is 1.25 bits per heavy atom. The highest BCUT2D eigenvalue weighted by Gasteiger charge is 2.28. The van der Waals surface area contributed by atoms with Gasteiger partial charge < -0.3 is 9.80 Å². The summed E-state index contributed by atoms with van der Waals surface area (Å²) >= 11 is 0. The maximum Gasteiger partial charge on any atom is 0.0950 e. The van der Waals surface area contributed by atoms with E-state index in [9.17, 15) is 0 Å². The van der Waals surface area contributed by atoms with Gasteiger partial charge >= 0.3 is 0 Å². The van der Waals surface area contributed by atoms with Crippen LogP contribution < -0.4 is 9.80 Å². The number of rotatable bonds is 3. The standard InChI is InChI=1S/C26H28N2/c1-27-19-28(24-10-6-3-7-11-24)25-17-16-23(18-26(25)27)22-14-12-21(13-15-22)20-8-4-2-5-9-20/h2-11,16-18,21-22H,12-15,19H2,1H3. The summed E-state index contributed by atoms with van der Waals surface area (Å²) in [4.78, 5) is 4.78. The topological polar surface area (TPSA) is 6.48 Å². The van der Waals surface area contributed by atoms with E-state index in [2.05, 4.69) is 95.7 Å². The van der Waals surface area contributed by atoms with Gasteiger partial charge in [-0.1, -0.05) is 54.6 Å². The molecule has 0 unspecified atom stereocenters. The van der Waals surface area contributed by atoms with E-state index < -0.39 is 0 Å². The Balaban J connectivity index is 1.34. The summed E-state index contributed by atoms with van der Waals surface area (Å²) in [5.41, 5.74) is 7.01. The Morgan fingerprint density at radius 1 is 0.643 bits per heavy atom. The molecule has 0 N–H and O–H groups in total. The third-order valence-electron chi connectivity index (χ3n) is 6.59. The van der Waals surface area contributed by atoms with Crippen molar-refractivity contribution in [1.29, 1.82) is 0 Å². The molecule has 3 aromatic rings. The lowest BCUT2D eigenvalue weighted by Crippen LogP contribution is -2.23. The molecule has 0 atom stereocenters. The van der Waals surface area contributed by atoms with Crippen LogP contribution in [0.5, 0.6) is 0 Å². The van der Waals surface area contributed by atoms with Crippen LogP contribution in [-0.4, -0.2) is 13.7 Å². The average molecular weight is 369 g/mol. The minimum absolute atomic E-state index is 0.699. The molecule has 142 valence electrons. The summed E-state index contributed by atoms with van der Waals surface area (Å²) in [6.07, 6.45) is 5.20. The molecule has 28 heavy (non-hydrogen) atoms. The van der Waals surface area contributed by atoms with Crippen LogP contribution in [0.25, 0.3) is 0 Å². The number of fused-ring (bicyclic) bond motifs is 1. The highest BCUT2D eigenvalue weighted by Crippen LogP contribution is 2.45. The molecular weight excluding hydrogens is 340 g/mol. The van der Waals surface area contributed by atoms with Crippen molar-refractivity contribution in [2.45, 2.75) is 37.5 Å². The predicted molar refractivity (Wildman–Crippen MR) is 119 cm³/mol. The van der Waals surface area contributed by atoms with Gasteiger partial charge in [0.15, 0.2) is 0 Å². The second-order valence-electron chi connectivity index (χ2n) is 8.31. The Labute approximate surface area is 168 Å². The molecule has 2 aliphatic rings. The van der Waals surface area contributed by atoms with E-state index in [1.807, 2.05) is 0 Å². The quantitative estimate of drug-likeness (QED) is 0.509. The van der Waals surface area contributed by atoms with Crippen molar-refractivity contribution in [2.75, 3.05) is 23.5 Å². The summed E-state index contributed by atoms with van der Waals surface area (Å²) in [6.45, 7) is 0.920. The first-order valence-electron chi connectivity index (χ1n) is 10.5. The molecule has 1 aliphatic carbocycles. The fraction of sp³-hybridized carbons (Fsp3) is 0.308. The maximum atomic E-state index is 2.45. The molecule has 0 radical (unpaired) electrons. The van der Waals surface area contributed by atoms with Gasteiger partial charge in [-0.05, 0) is 72.9 Å². The summed E-state index contributed by atoms with van der Waals surface area (Å²) in [7, 11) is 2.21. The van der Waals surface area contributed by atoms with Gasteiger partial charge in [-0.15, -0.1) is 0 Å². The van der Waals surface area contributed by atoms with Gasteiger partial charge in [-0.2, -0.15) is 0 Å². The van der Waals surface area contributed by atoms with Gasteiger partial charge in [-0.3, -0.25) is 0 Å². The van der Waals surface area contributed by atoms with E-state index in [0.717, 1.165) is 12.6 Å². The van der Waals surface area contributed by atoms with Crippen LogP contribution in [-0.2, 0) is 0 Å². The minimum atomic E-state index is 0.699. The normalized spacial score (nSPS) is 21.6. The monoisotopic (exact) mass is 368 g/mol. The third kappa shape index (κ3) is 3.17. The lowest BCUT2D eigenvalue weighted by atomic mass is 9.76. The molecule has 2 heteroatoms. The van der Waals surface area contributed by atoms with Gasteiger partial charge in [0.1, 0.15) is 0 Å². The van der Waals surface area contributed by atoms with Crippen LogP contribution >= 0.6 is 0 Å². The summed E-state index contributed by atoms with van der Waals surface area (Å²) in [5, 5.41) is 0. The van der Waals surface area contributed by atoms with Crippen LogP contribution in [0.3, 0.4) is 0 Å². The molecule has 0 aromatic heterocycles. The Kier molecular flexibility index (Phi) is 4.56. The first kappa shape index (κ1) is 17.4. The van der Waals surface area contributed by atoms with E-state index in [-0.39, 0.29) is 0 Å². The Bertz CT molecular complexity index is 927. The van der Waals surface area contributed by atoms with Gasteiger partial charge in [0.25, 0.3) is 0 Å². The molecule has 2 nitrogen and oxygen atoms in total. The van der Waals surface area contributed by atoms with Crippen molar-refractivity contribution in [3.05, 3.63) is 90.0 Å². The molecule has 0 saturated heterocycles. The lowest BCUT2D eigenvalue weighted by Gasteiger charge is -2.29. The zero-order valence-electron chi connectivity index (χ0n) is 16.6. The first-order chi connectivity index (χ1) is 13.8. The summed E-state index contributed by atoms with van der Waals surface area (Å²) < 4.78 is 0. The number of hydrogen-bond donors (Lipinski definition) is 0. The van der Waals surface area contributed by atoms with Crippen LogP contribution in [0.2, 0.25) is 0 Å². The highest BCUT2D eigenvalue weighted by atomic mass is 15.4. The van der Waals surface area contributed by atoms with Gasteiger partial charge in [-0.25, -0.2) is 0 Å². The predicted octanol–water partition coefficient (Wildman–Crippen LogP) is 6.67. The fourth-order valence-electron chi connectivity index (χ4n) is 5.01. The van der Waals surface area contributed by atoms with Gasteiger partial charge in [0.05, 0.1) is 18.0 Å². The van der Waals surface area contributed by atoms with Crippen LogP contribution in [0, 0.1) is 0 Å². The van der Waals surface area contributed by atoms with Gasteiger partial charge in [0.2, 0.25) is 0 Å². The molecule has 1 aliphatic heterocycles. The molecule has 3 aromatic carbocycles. The zero-order chi connectivity index (χ0) is 18.9. The molecule has 1 fully saturated rings. The van der Waals surface area contributed by atoms with Crippen molar-refractivity contribution >= 4 is 17.1 Å². The number of nitrogens with zero attached hydrogens (tertiary/aromatic N) is 2. The van der Waals surface area contributed by atoms with E-state index >= 15 is 0 Å². The number of para-hydroxylation sites is 1. The second-order valence-corrected chi connectivity index (χ2v) is 8.31. The van der Waals surface area contributed by atoms with Crippen molar-refractivity contribution in [1.82, 2.24) is 0 Å². The summed E-state index contributed by atoms with van der Waals surface area (Å²) in [6, 6.07) is 28.9. The maximum absolute atomic E-state index is 2.45. The molecular formula is C26H28N2. The minimum Gasteiger partial charge on any atom is -0.355 e. The number of hydrogen-bond acceptors (Lipinski definition) is 2. The van der Waals surface area contributed by atoms with Crippen molar-refractivity contribution < 1.29 is 0 Å². The molecule has 5 rings (SSSR count). The van der Waals surface area contributed by atoms with E-state index in [1.165, 1.54) is 53.9 Å². The average Bonchev–Trinajstić information content (AvgIpc) is 3.11. The lowest BCUT2D eigenvalue weighted by molar-refractivity contribution is 0.396. The Morgan fingerprint density at radius 3 is 1.93 bits per heavy atom. The van der Waals surface area contributed by atoms with E-state index in [0.29, 0.717) is 5.92 Å². The van der Waals surface area contributed by atoms with Crippen molar-refractivity contribution in [3.8, 4) is 0 Å². The Hall–Kier alpha value is -2.74. The van der Waals surface area contributed by atoms with E-state index in [4.69, 9.17) is 0 Å². The van der Waals surface area contributed by atoms with Crippen LogP contribution in [0.15, 0.2) is 78.9 Å². The molecule has 0 bridgehead atoms.